The number of halogens is 4. The Kier molecular flexibility index (Phi) is 11.9. The minimum absolute atomic E-state index is 0.0308. The summed E-state index contributed by atoms with van der Waals surface area (Å²) in [5.41, 5.74) is 15.6. The molecule has 0 aliphatic rings. The van der Waals surface area contributed by atoms with Gasteiger partial charge in [0.1, 0.15) is 11.6 Å². The van der Waals surface area contributed by atoms with E-state index in [9.17, 15) is 17.6 Å². The van der Waals surface area contributed by atoms with E-state index in [1.807, 2.05) is 31.2 Å². The fourth-order valence-corrected chi connectivity index (χ4v) is 3.92. The summed E-state index contributed by atoms with van der Waals surface area (Å²) in [5, 5.41) is 6.15. The lowest BCUT2D eigenvalue weighted by molar-refractivity contribution is 0.0494. The van der Waals surface area contributed by atoms with Crippen molar-refractivity contribution in [2.24, 2.45) is 21.5 Å². The molecular weight excluding hydrogens is 546 g/mol. The molecule has 0 aliphatic heterocycles. The number of anilines is 2. The molecular formula is C31H35F4N7. The Balaban J connectivity index is 1.81. The molecule has 0 radical (unpaired) electrons. The van der Waals surface area contributed by atoms with E-state index in [1.54, 1.807) is 6.20 Å². The molecule has 7 nitrogen and oxygen atoms in total. The fraction of sp³-hybridized carbons (Fsp3) is 0.258. The first-order chi connectivity index (χ1) is 20.1. The van der Waals surface area contributed by atoms with Gasteiger partial charge in [0.2, 0.25) is 0 Å². The number of nitrogens with zero attached hydrogens (tertiary/aromatic N) is 3. The summed E-state index contributed by atoms with van der Waals surface area (Å²) in [4.78, 5) is 12.7. The van der Waals surface area contributed by atoms with Gasteiger partial charge in [0, 0.05) is 59.1 Å². The van der Waals surface area contributed by atoms with Gasteiger partial charge in [-0.25, -0.2) is 22.5 Å². The van der Waals surface area contributed by atoms with Crippen molar-refractivity contribution in [1.82, 2.24) is 4.98 Å². The molecule has 2 atom stereocenters. The second-order valence-corrected chi connectivity index (χ2v) is 9.66. The zero-order valence-corrected chi connectivity index (χ0v) is 23.3. The average molecular weight is 582 g/mol. The quantitative estimate of drug-likeness (QED) is 0.118. The highest BCUT2D eigenvalue weighted by atomic mass is 19.3. The standard InChI is InChI=1S/C31H35F4N7/c1-19(37)4-11-26(15-36)42-28(18-38-3)22-7-5-21(6-8-22)16-39-31-27(14-23(17-40-31)29(33)30(34)35)20(2)41-25-12-9-24(32)10-13-25/h5-10,12-14,17-19,29-30,41H,2-4,11,15-16,36-37H2,1H3,(H,39,40)/b28-18-,42-26-. The Morgan fingerprint density at radius 3 is 2.38 bits per heavy atom. The summed E-state index contributed by atoms with van der Waals surface area (Å²) in [7, 11) is 0. The Morgan fingerprint density at radius 1 is 1.10 bits per heavy atom. The van der Waals surface area contributed by atoms with Crippen molar-refractivity contribution < 1.29 is 17.6 Å². The molecule has 222 valence electrons. The summed E-state index contributed by atoms with van der Waals surface area (Å²) in [6.07, 6.45) is -1.67. The smallest absolute Gasteiger partial charge is 0.273 e. The van der Waals surface area contributed by atoms with Crippen LogP contribution < -0.4 is 22.1 Å². The van der Waals surface area contributed by atoms with Crippen LogP contribution in [-0.4, -0.2) is 36.4 Å². The molecule has 0 saturated carbocycles. The molecule has 0 saturated heterocycles. The van der Waals surface area contributed by atoms with Crippen molar-refractivity contribution in [3.8, 4) is 0 Å². The van der Waals surface area contributed by atoms with Crippen LogP contribution in [0, 0.1) is 5.82 Å². The van der Waals surface area contributed by atoms with E-state index in [2.05, 4.69) is 38.9 Å². The Morgan fingerprint density at radius 2 is 1.79 bits per heavy atom. The highest BCUT2D eigenvalue weighted by Gasteiger charge is 2.23. The number of pyridine rings is 1. The largest absolute Gasteiger partial charge is 0.365 e. The van der Waals surface area contributed by atoms with E-state index in [4.69, 9.17) is 11.5 Å². The van der Waals surface area contributed by atoms with E-state index < -0.39 is 18.4 Å². The van der Waals surface area contributed by atoms with Crippen LogP contribution in [0.5, 0.6) is 0 Å². The van der Waals surface area contributed by atoms with Gasteiger partial charge >= 0.3 is 0 Å². The highest BCUT2D eigenvalue weighted by Crippen LogP contribution is 2.30. The summed E-state index contributed by atoms with van der Waals surface area (Å²) < 4.78 is 53.6. The summed E-state index contributed by atoms with van der Waals surface area (Å²) in [6, 6.07) is 14.3. The summed E-state index contributed by atoms with van der Waals surface area (Å²) in [5.74, 6) is -0.122. The van der Waals surface area contributed by atoms with Gasteiger partial charge in [-0.1, -0.05) is 30.8 Å². The predicted octanol–water partition coefficient (Wildman–Crippen LogP) is 6.72. The van der Waals surface area contributed by atoms with Crippen LogP contribution in [0.3, 0.4) is 0 Å². The Hall–Kier alpha value is -4.35. The first kappa shape index (κ1) is 32.2. The Labute approximate surface area is 243 Å². The number of alkyl halides is 3. The van der Waals surface area contributed by atoms with Gasteiger partial charge in [0.25, 0.3) is 6.43 Å². The molecule has 6 N–H and O–H groups in total. The fourth-order valence-electron chi connectivity index (χ4n) is 3.92. The summed E-state index contributed by atoms with van der Waals surface area (Å²) >= 11 is 0. The molecule has 2 unspecified atom stereocenters. The second kappa shape index (κ2) is 15.6. The first-order valence-corrected chi connectivity index (χ1v) is 13.3. The topological polar surface area (TPSA) is 114 Å². The number of hydrogen-bond donors (Lipinski definition) is 4. The normalized spacial score (nSPS) is 13.5. The van der Waals surface area contributed by atoms with E-state index in [0.717, 1.165) is 29.5 Å². The van der Waals surface area contributed by atoms with E-state index in [1.165, 1.54) is 30.3 Å². The molecule has 11 heteroatoms. The molecule has 42 heavy (non-hydrogen) atoms. The van der Waals surface area contributed by atoms with Crippen LogP contribution in [0.4, 0.5) is 29.1 Å². The maximum Gasteiger partial charge on any atom is 0.273 e. The van der Waals surface area contributed by atoms with Gasteiger partial charge < -0.3 is 22.1 Å². The molecule has 2 aromatic carbocycles. The third kappa shape index (κ3) is 9.35. The molecule has 3 aromatic rings. The molecule has 1 heterocycles. The lowest BCUT2D eigenvalue weighted by atomic mass is 10.1. The van der Waals surface area contributed by atoms with E-state index in [-0.39, 0.29) is 22.9 Å². The zero-order valence-electron chi connectivity index (χ0n) is 23.3. The van der Waals surface area contributed by atoms with Gasteiger partial charge in [0.15, 0.2) is 6.17 Å². The number of aromatic nitrogens is 1. The predicted molar refractivity (Wildman–Crippen MR) is 164 cm³/mol. The molecule has 0 fully saturated rings. The van der Waals surface area contributed by atoms with Crippen LogP contribution >= 0.6 is 0 Å². The first-order valence-electron chi connectivity index (χ1n) is 13.3. The van der Waals surface area contributed by atoms with Crippen LogP contribution in [0.15, 0.2) is 83.6 Å². The lowest BCUT2D eigenvalue weighted by Crippen LogP contribution is -2.20. The highest BCUT2D eigenvalue weighted by molar-refractivity contribution is 5.91. The van der Waals surface area contributed by atoms with Crippen molar-refractivity contribution in [2.45, 2.75) is 44.9 Å². The third-order valence-corrected chi connectivity index (χ3v) is 6.24. The maximum absolute atomic E-state index is 14.2. The number of rotatable bonds is 15. The average Bonchev–Trinajstić information content (AvgIpc) is 2.98. The van der Waals surface area contributed by atoms with E-state index in [0.29, 0.717) is 36.7 Å². The van der Waals surface area contributed by atoms with Crippen molar-refractivity contribution in [3.63, 3.8) is 0 Å². The number of nitrogens with two attached hydrogens (primary N) is 2. The zero-order chi connectivity index (χ0) is 30.6. The molecule has 0 amide bonds. The Bertz CT molecular complexity index is 1400. The number of benzene rings is 2. The molecule has 0 spiro atoms. The molecule has 0 bridgehead atoms. The van der Waals surface area contributed by atoms with Gasteiger partial charge in [-0.05, 0) is 62.4 Å². The summed E-state index contributed by atoms with van der Waals surface area (Å²) in [6.45, 7) is 10.0. The molecule has 3 rings (SSSR count). The third-order valence-electron chi connectivity index (χ3n) is 6.24. The second-order valence-electron chi connectivity index (χ2n) is 9.66. The maximum atomic E-state index is 14.2. The van der Waals surface area contributed by atoms with Crippen LogP contribution in [0.25, 0.3) is 11.4 Å². The SMILES string of the molecule is C=N/C=C(\N=C(/CN)CCC(C)N)c1ccc(CNc2ncc(C(F)C(F)F)cc2C(=C)Nc2ccc(F)cc2)cc1. The van der Waals surface area contributed by atoms with Crippen molar-refractivity contribution >= 4 is 35.3 Å². The van der Waals surface area contributed by atoms with Crippen molar-refractivity contribution in [1.29, 1.82) is 0 Å². The molecule has 1 aromatic heterocycles. The lowest BCUT2D eigenvalue weighted by Gasteiger charge is -2.17. The number of nitrogens with one attached hydrogen (secondary N) is 2. The van der Waals surface area contributed by atoms with Gasteiger partial charge in [-0.3, -0.25) is 9.98 Å². The van der Waals surface area contributed by atoms with Crippen LogP contribution in [0.2, 0.25) is 0 Å². The van der Waals surface area contributed by atoms with Gasteiger partial charge in [0.05, 0.1) is 11.9 Å². The minimum atomic E-state index is -3.21. The van der Waals surface area contributed by atoms with Gasteiger partial charge in [-0.15, -0.1) is 0 Å². The van der Waals surface area contributed by atoms with Gasteiger partial charge in [-0.2, -0.15) is 0 Å². The number of aliphatic imine (C=N–C) groups is 2. The monoisotopic (exact) mass is 581 g/mol. The van der Waals surface area contributed by atoms with Crippen molar-refractivity contribution in [3.05, 3.63) is 102 Å². The minimum Gasteiger partial charge on any atom is -0.365 e. The number of hydrogen-bond acceptors (Lipinski definition) is 7. The van der Waals surface area contributed by atoms with E-state index >= 15 is 0 Å². The van der Waals surface area contributed by atoms with Crippen molar-refractivity contribution in [2.75, 3.05) is 17.2 Å². The van der Waals surface area contributed by atoms with Crippen LogP contribution in [-0.2, 0) is 6.54 Å². The molecule has 0 aliphatic carbocycles. The van der Waals surface area contributed by atoms with Crippen LogP contribution in [0.1, 0.15) is 48.2 Å².